The highest BCUT2D eigenvalue weighted by Crippen LogP contribution is 2.17. The molecule has 1 aromatic carbocycles. The number of amides is 1. The summed E-state index contributed by atoms with van der Waals surface area (Å²) in [6.07, 6.45) is 7.72. The summed E-state index contributed by atoms with van der Waals surface area (Å²) in [4.78, 5) is 19.3. The van der Waals surface area contributed by atoms with Gasteiger partial charge in [-0.05, 0) is 36.6 Å². The van der Waals surface area contributed by atoms with E-state index in [1.807, 2.05) is 12.1 Å². The van der Waals surface area contributed by atoms with Crippen LogP contribution in [0.3, 0.4) is 0 Å². The number of aromatic amines is 1. The maximum atomic E-state index is 12.0. The van der Waals surface area contributed by atoms with Crippen molar-refractivity contribution < 1.29 is 4.79 Å². The van der Waals surface area contributed by atoms with Crippen LogP contribution in [0.4, 0.5) is 0 Å². The van der Waals surface area contributed by atoms with Crippen LogP contribution >= 0.6 is 24.0 Å². The van der Waals surface area contributed by atoms with E-state index < -0.39 is 0 Å². The Hall–Kier alpha value is -1.78. The molecule has 3 rings (SSSR count). The van der Waals surface area contributed by atoms with E-state index in [0.29, 0.717) is 5.02 Å². The summed E-state index contributed by atoms with van der Waals surface area (Å²) in [6, 6.07) is 7.54. The van der Waals surface area contributed by atoms with Crippen LogP contribution in [-0.4, -0.2) is 21.9 Å². The number of H-pyrrole nitrogens is 1. The molecular formula is C16H17Cl2N3O. The van der Waals surface area contributed by atoms with E-state index in [1.54, 1.807) is 30.6 Å². The van der Waals surface area contributed by atoms with Crippen molar-refractivity contribution in [3.05, 3.63) is 58.6 Å². The number of benzene rings is 1. The summed E-state index contributed by atoms with van der Waals surface area (Å²) in [5.74, 6) is -0.0714. The van der Waals surface area contributed by atoms with Crippen molar-refractivity contribution in [2.45, 2.75) is 25.3 Å². The largest absolute Gasteiger partial charge is 0.349 e. The molecule has 1 aromatic heterocycles. The highest BCUT2D eigenvalue weighted by Gasteiger charge is 2.21. The number of fused-ring (bicyclic) bond motifs is 1. The first-order valence-electron chi connectivity index (χ1n) is 6.96. The van der Waals surface area contributed by atoms with Gasteiger partial charge in [0.15, 0.2) is 0 Å². The fourth-order valence-corrected chi connectivity index (χ4v) is 2.65. The number of carbonyl (C=O) groups is 1. The Kier molecular flexibility index (Phi) is 5.63. The van der Waals surface area contributed by atoms with Gasteiger partial charge in [0, 0.05) is 29.3 Å². The molecule has 6 heteroatoms. The lowest BCUT2D eigenvalue weighted by molar-refractivity contribution is -0.117. The number of aryl methyl sites for hydroxylation is 1. The van der Waals surface area contributed by atoms with E-state index in [0.717, 1.165) is 36.2 Å². The third-order valence-corrected chi connectivity index (χ3v) is 3.88. The van der Waals surface area contributed by atoms with Crippen LogP contribution in [-0.2, 0) is 17.6 Å². The SMILES string of the molecule is Cl.O=C(/C=C/c1ccc(Cl)cc1)NC1CCc2nc[nH]c2C1. The standard InChI is InChI=1S/C16H16ClN3O.ClH/c17-12-4-1-11(2-5-12)3-8-16(21)20-13-6-7-14-15(9-13)19-10-18-14;/h1-5,8,10,13H,6-7,9H2,(H,18,19)(H,20,21);1H/b8-3+;. The number of aromatic nitrogens is 2. The first-order chi connectivity index (χ1) is 10.2. The van der Waals surface area contributed by atoms with Gasteiger partial charge in [0.05, 0.1) is 12.0 Å². The van der Waals surface area contributed by atoms with Crippen LogP contribution in [0.5, 0.6) is 0 Å². The van der Waals surface area contributed by atoms with E-state index in [1.165, 1.54) is 0 Å². The van der Waals surface area contributed by atoms with Crippen LogP contribution in [0.1, 0.15) is 23.4 Å². The molecule has 2 aromatic rings. The smallest absolute Gasteiger partial charge is 0.244 e. The van der Waals surface area contributed by atoms with E-state index in [2.05, 4.69) is 15.3 Å². The number of nitrogens with zero attached hydrogens (tertiary/aromatic N) is 1. The monoisotopic (exact) mass is 337 g/mol. The van der Waals surface area contributed by atoms with Gasteiger partial charge in [-0.3, -0.25) is 4.79 Å². The van der Waals surface area contributed by atoms with Crippen LogP contribution in [0.25, 0.3) is 6.08 Å². The molecule has 1 atom stereocenters. The highest BCUT2D eigenvalue weighted by molar-refractivity contribution is 6.30. The zero-order valence-electron chi connectivity index (χ0n) is 11.9. The predicted molar refractivity (Wildman–Crippen MR) is 90.3 cm³/mol. The van der Waals surface area contributed by atoms with Gasteiger partial charge in [-0.25, -0.2) is 4.98 Å². The van der Waals surface area contributed by atoms with Gasteiger partial charge in [0.25, 0.3) is 0 Å². The number of carbonyl (C=O) groups excluding carboxylic acids is 1. The Morgan fingerprint density at radius 2 is 2.14 bits per heavy atom. The molecule has 4 nitrogen and oxygen atoms in total. The van der Waals surface area contributed by atoms with Gasteiger partial charge in [-0.15, -0.1) is 12.4 Å². The van der Waals surface area contributed by atoms with Crippen molar-refractivity contribution in [3.8, 4) is 0 Å². The molecule has 22 heavy (non-hydrogen) atoms. The number of halogens is 2. The zero-order valence-corrected chi connectivity index (χ0v) is 13.5. The predicted octanol–water partition coefficient (Wildman–Crippen LogP) is 3.17. The number of hydrogen-bond acceptors (Lipinski definition) is 2. The van der Waals surface area contributed by atoms with Crippen LogP contribution in [0.15, 0.2) is 36.7 Å². The van der Waals surface area contributed by atoms with E-state index >= 15 is 0 Å². The average Bonchev–Trinajstić information content (AvgIpc) is 2.94. The highest BCUT2D eigenvalue weighted by atomic mass is 35.5. The lowest BCUT2D eigenvalue weighted by Gasteiger charge is -2.21. The fraction of sp³-hybridized carbons (Fsp3) is 0.250. The summed E-state index contributed by atoms with van der Waals surface area (Å²) in [5.41, 5.74) is 3.21. The van der Waals surface area contributed by atoms with Crippen LogP contribution in [0.2, 0.25) is 5.02 Å². The maximum absolute atomic E-state index is 12.0. The van der Waals surface area contributed by atoms with E-state index in [9.17, 15) is 4.79 Å². The van der Waals surface area contributed by atoms with E-state index in [4.69, 9.17) is 11.6 Å². The summed E-state index contributed by atoms with van der Waals surface area (Å²) < 4.78 is 0. The molecule has 0 spiro atoms. The Bertz CT molecular complexity index is 664. The quantitative estimate of drug-likeness (QED) is 0.845. The zero-order chi connectivity index (χ0) is 14.7. The molecule has 1 aliphatic rings. The lowest BCUT2D eigenvalue weighted by atomic mass is 9.96. The normalized spacial score (nSPS) is 16.9. The fourth-order valence-electron chi connectivity index (χ4n) is 2.52. The first kappa shape index (κ1) is 16.6. The number of rotatable bonds is 3. The van der Waals surface area contributed by atoms with Gasteiger partial charge in [-0.2, -0.15) is 0 Å². The minimum absolute atomic E-state index is 0. The van der Waals surface area contributed by atoms with Crippen molar-refractivity contribution in [1.29, 1.82) is 0 Å². The summed E-state index contributed by atoms with van der Waals surface area (Å²) in [6.45, 7) is 0. The first-order valence-corrected chi connectivity index (χ1v) is 7.34. The minimum Gasteiger partial charge on any atom is -0.349 e. The molecule has 2 N–H and O–H groups in total. The van der Waals surface area contributed by atoms with Gasteiger partial charge in [0.2, 0.25) is 5.91 Å². The second-order valence-corrected chi connectivity index (χ2v) is 5.60. The van der Waals surface area contributed by atoms with Crippen molar-refractivity contribution >= 4 is 36.0 Å². The Labute approximate surface area is 140 Å². The molecule has 1 unspecified atom stereocenters. The van der Waals surface area contributed by atoms with Crippen molar-refractivity contribution in [1.82, 2.24) is 15.3 Å². The lowest BCUT2D eigenvalue weighted by Crippen LogP contribution is -2.38. The summed E-state index contributed by atoms with van der Waals surface area (Å²) in [7, 11) is 0. The third-order valence-electron chi connectivity index (χ3n) is 3.63. The number of nitrogens with one attached hydrogen (secondary N) is 2. The molecular weight excluding hydrogens is 321 g/mol. The summed E-state index contributed by atoms with van der Waals surface area (Å²) in [5, 5.41) is 3.72. The van der Waals surface area contributed by atoms with Crippen molar-refractivity contribution in [2.75, 3.05) is 0 Å². The molecule has 0 radical (unpaired) electrons. The molecule has 0 fully saturated rings. The van der Waals surface area contributed by atoms with Gasteiger partial charge < -0.3 is 10.3 Å². The van der Waals surface area contributed by atoms with Gasteiger partial charge in [0.1, 0.15) is 0 Å². The number of imidazole rings is 1. The average molecular weight is 338 g/mol. The van der Waals surface area contributed by atoms with Crippen molar-refractivity contribution in [3.63, 3.8) is 0 Å². The second kappa shape index (κ2) is 7.47. The summed E-state index contributed by atoms with van der Waals surface area (Å²) >= 11 is 5.82. The van der Waals surface area contributed by atoms with Crippen molar-refractivity contribution in [2.24, 2.45) is 0 Å². The van der Waals surface area contributed by atoms with Crippen LogP contribution in [0, 0.1) is 0 Å². The second-order valence-electron chi connectivity index (χ2n) is 5.16. The Balaban J connectivity index is 0.00000176. The van der Waals surface area contributed by atoms with Gasteiger partial charge >= 0.3 is 0 Å². The molecule has 116 valence electrons. The van der Waals surface area contributed by atoms with Gasteiger partial charge in [-0.1, -0.05) is 23.7 Å². The topological polar surface area (TPSA) is 57.8 Å². The third kappa shape index (κ3) is 4.12. The van der Waals surface area contributed by atoms with Crippen LogP contribution < -0.4 is 5.32 Å². The molecule has 0 aliphatic heterocycles. The Morgan fingerprint density at radius 3 is 2.91 bits per heavy atom. The maximum Gasteiger partial charge on any atom is 0.244 e. The molecule has 0 saturated heterocycles. The molecule has 1 aliphatic carbocycles. The molecule has 1 heterocycles. The molecule has 0 saturated carbocycles. The van der Waals surface area contributed by atoms with E-state index in [-0.39, 0.29) is 24.4 Å². The molecule has 1 amide bonds. The minimum atomic E-state index is -0.0714. The Morgan fingerprint density at radius 1 is 1.36 bits per heavy atom. The molecule has 0 bridgehead atoms. The number of hydrogen-bond donors (Lipinski definition) is 2.